The molecule has 0 rings (SSSR count). The molecule has 34 heavy (non-hydrogen) atoms. The monoisotopic (exact) mass is 487 g/mol. The van der Waals surface area contributed by atoms with Crippen molar-refractivity contribution in [3.63, 3.8) is 0 Å². The highest BCUT2D eigenvalue weighted by molar-refractivity contribution is 5.92. The Morgan fingerprint density at radius 1 is 0.794 bits per heavy atom. The molecule has 0 fully saturated rings. The molecule has 0 spiro atoms. The topological polar surface area (TPSA) is 301 Å². The number of hydrogen-bond acceptors (Lipinski definition) is 8. The molecule has 0 saturated carbocycles. The molecule has 0 bridgehead atoms. The second kappa shape index (κ2) is 15.8. The molecule has 3 unspecified atom stereocenters. The van der Waals surface area contributed by atoms with Gasteiger partial charge in [-0.1, -0.05) is 0 Å². The fourth-order valence-corrected chi connectivity index (χ4v) is 2.56. The molecule has 0 aliphatic heterocycles. The van der Waals surface area contributed by atoms with E-state index in [4.69, 9.17) is 33.8 Å². The summed E-state index contributed by atoms with van der Waals surface area (Å²) in [6.45, 7) is -0.441. The summed E-state index contributed by atoms with van der Waals surface area (Å²) in [5.41, 5.74) is 26.2. The number of nitrogens with two attached hydrogens (primary N) is 5. The molecule has 14 N–H and O–H groups in total. The lowest BCUT2D eigenvalue weighted by molar-refractivity contribution is -0.142. The van der Waals surface area contributed by atoms with Gasteiger partial charge in [-0.25, -0.2) is 4.79 Å². The molecule has 0 heterocycles. The first-order valence-electron chi connectivity index (χ1n) is 10.3. The molecular formula is C18H33N9O7. The third-order valence-corrected chi connectivity index (χ3v) is 4.35. The number of carboxylic acid groups (broad SMARTS) is 1. The Bertz CT molecular complexity index is 784. The largest absolute Gasteiger partial charge is 0.480 e. The van der Waals surface area contributed by atoms with Gasteiger partial charge < -0.3 is 49.7 Å². The van der Waals surface area contributed by atoms with E-state index in [1.165, 1.54) is 0 Å². The summed E-state index contributed by atoms with van der Waals surface area (Å²) < 4.78 is 0. The standard InChI is InChI=1S/C18H33N9O7/c19-9(3-5-12(20)28)15(31)27-10(2-1-7-24-18(22)23)16(32)25-8-14(30)26-11(17(33)34)4-6-13(21)29/h9-11H,1-8,19H2,(H2,20,28)(H2,21,29)(H,25,32)(H,26,30)(H,27,31)(H,33,34)(H4,22,23,24). The number of aliphatic carboxylic acids is 1. The Labute approximate surface area is 195 Å². The zero-order valence-corrected chi connectivity index (χ0v) is 18.6. The van der Waals surface area contributed by atoms with Crippen molar-refractivity contribution < 1.29 is 33.9 Å². The zero-order chi connectivity index (χ0) is 26.3. The maximum absolute atomic E-state index is 12.6. The van der Waals surface area contributed by atoms with Crippen LogP contribution >= 0.6 is 0 Å². The Kier molecular flexibility index (Phi) is 14.0. The molecule has 0 saturated heterocycles. The van der Waals surface area contributed by atoms with Crippen molar-refractivity contribution >= 4 is 41.5 Å². The molecule has 192 valence electrons. The predicted molar refractivity (Wildman–Crippen MR) is 119 cm³/mol. The first-order chi connectivity index (χ1) is 15.8. The summed E-state index contributed by atoms with van der Waals surface area (Å²) in [7, 11) is 0. The number of primary amides is 2. The van der Waals surface area contributed by atoms with Crippen molar-refractivity contribution in [2.45, 2.75) is 56.7 Å². The number of carbonyl (C=O) groups is 6. The van der Waals surface area contributed by atoms with E-state index in [9.17, 15) is 28.8 Å². The lowest BCUT2D eigenvalue weighted by Crippen LogP contribution is -2.53. The van der Waals surface area contributed by atoms with E-state index in [0.717, 1.165) is 0 Å². The number of amides is 5. The molecule has 0 radical (unpaired) electrons. The Morgan fingerprint density at radius 3 is 1.91 bits per heavy atom. The second-order valence-electron chi connectivity index (χ2n) is 7.30. The molecular weight excluding hydrogens is 454 g/mol. The van der Waals surface area contributed by atoms with Crippen LogP contribution in [0.15, 0.2) is 4.99 Å². The summed E-state index contributed by atoms with van der Waals surface area (Å²) in [4.78, 5) is 73.5. The summed E-state index contributed by atoms with van der Waals surface area (Å²) in [5, 5.41) is 16.0. The quantitative estimate of drug-likeness (QED) is 0.0534. The van der Waals surface area contributed by atoms with Crippen LogP contribution in [0.4, 0.5) is 0 Å². The normalized spacial score (nSPS) is 13.0. The molecule has 0 aromatic carbocycles. The van der Waals surface area contributed by atoms with Crippen molar-refractivity contribution in [2.24, 2.45) is 33.7 Å². The lowest BCUT2D eigenvalue weighted by Gasteiger charge is -2.21. The second-order valence-corrected chi connectivity index (χ2v) is 7.30. The van der Waals surface area contributed by atoms with E-state index in [2.05, 4.69) is 20.9 Å². The van der Waals surface area contributed by atoms with Gasteiger partial charge >= 0.3 is 5.97 Å². The van der Waals surface area contributed by atoms with E-state index in [0.29, 0.717) is 0 Å². The SMILES string of the molecule is NC(=O)CCC(N)C(=O)NC(CCCN=C(N)N)C(=O)NCC(=O)NC(CCC(N)=O)C(=O)O. The minimum atomic E-state index is -1.38. The van der Waals surface area contributed by atoms with Crippen molar-refractivity contribution in [2.75, 3.05) is 13.1 Å². The highest BCUT2D eigenvalue weighted by Gasteiger charge is 2.25. The maximum Gasteiger partial charge on any atom is 0.326 e. The molecule has 16 nitrogen and oxygen atoms in total. The smallest absolute Gasteiger partial charge is 0.326 e. The minimum Gasteiger partial charge on any atom is -0.480 e. The van der Waals surface area contributed by atoms with Gasteiger partial charge in [0, 0.05) is 19.4 Å². The number of carboxylic acids is 1. The molecule has 0 aliphatic rings. The summed E-state index contributed by atoms with van der Waals surface area (Å²) in [5.74, 6) is -5.22. The van der Waals surface area contributed by atoms with Crippen LogP contribution in [-0.4, -0.2) is 77.8 Å². The van der Waals surface area contributed by atoms with Crippen LogP contribution in [0.1, 0.15) is 38.5 Å². The van der Waals surface area contributed by atoms with Crippen molar-refractivity contribution in [1.82, 2.24) is 16.0 Å². The van der Waals surface area contributed by atoms with Crippen LogP contribution in [0.25, 0.3) is 0 Å². The van der Waals surface area contributed by atoms with Crippen molar-refractivity contribution in [3.8, 4) is 0 Å². The van der Waals surface area contributed by atoms with Gasteiger partial charge in [0.2, 0.25) is 29.5 Å². The number of nitrogens with zero attached hydrogens (tertiary/aromatic N) is 1. The summed E-state index contributed by atoms with van der Waals surface area (Å²) >= 11 is 0. The molecule has 0 aromatic rings. The van der Waals surface area contributed by atoms with Crippen LogP contribution in [0.2, 0.25) is 0 Å². The highest BCUT2D eigenvalue weighted by Crippen LogP contribution is 2.02. The number of carbonyl (C=O) groups excluding carboxylic acids is 5. The average Bonchev–Trinajstić information content (AvgIpc) is 2.74. The van der Waals surface area contributed by atoms with Crippen molar-refractivity contribution in [1.29, 1.82) is 0 Å². The predicted octanol–water partition coefficient (Wildman–Crippen LogP) is -4.93. The van der Waals surface area contributed by atoms with Gasteiger partial charge in [-0.15, -0.1) is 0 Å². The van der Waals surface area contributed by atoms with Crippen LogP contribution in [-0.2, 0) is 28.8 Å². The molecule has 3 atom stereocenters. The third-order valence-electron chi connectivity index (χ3n) is 4.35. The summed E-state index contributed by atoms with van der Waals surface area (Å²) in [6.07, 6.45) is -0.285. The zero-order valence-electron chi connectivity index (χ0n) is 18.6. The van der Waals surface area contributed by atoms with Crippen LogP contribution in [0.5, 0.6) is 0 Å². The van der Waals surface area contributed by atoms with E-state index in [1.807, 2.05) is 0 Å². The van der Waals surface area contributed by atoms with Crippen LogP contribution in [0.3, 0.4) is 0 Å². The number of guanidine groups is 1. The fraction of sp³-hybridized carbons (Fsp3) is 0.611. The maximum atomic E-state index is 12.6. The first-order valence-corrected chi connectivity index (χ1v) is 10.3. The third kappa shape index (κ3) is 14.2. The Balaban J connectivity index is 5.00. The van der Waals surface area contributed by atoms with E-state index in [1.54, 1.807) is 0 Å². The Hall–Kier alpha value is -3.95. The number of nitrogens with one attached hydrogen (secondary N) is 3. The molecule has 5 amide bonds. The summed E-state index contributed by atoms with van der Waals surface area (Å²) in [6, 6.07) is -3.61. The number of aliphatic imine (C=N–C) groups is 1. The van der Waals surface area contributed by atoms with Crippen LogP contribution < -0.4 is 44.6 Å². The van der Waals surface area contributed by atoms with Gasteiger partial charge in [-0.3, -0.25) is 29.0 Å². The van der Waals surface area contributed by atoms with E-state index in [-0.39, 0.29) is 51.0 Å². The number of hydrogen-bond donors (Lipinski definition) is 9. The van der Waals surface area contributed by atoms with Gasteiger partial charge in [0.15, 0.2) is 5.96 Å². The molecule has 16 heteroatoms. The van der Waals surface area contributed by atoms with Gasteiger partial charge in [-0.2, -0.15) is 0 Å². The minimum absolute atomic E-state index is 0.0339. The van der Waals surface area contributed by atoms with Crippen LogP contribution in [0, 0.1) is 0 Å². The van der Waals surface area contributed by atoms with E-state index >= 15 is 0 Å². The number of rotatable bonds is 17. The molecule has 0 aromatic heterocycles. The van der Waals surface area contributed by atoms with Gasteiger partial charge in [0.25, 0.3) is 0 Å². The average molecular weight is 488 g/mol. The van der Waals surface area contributed by atoms with E-state index < -0.39 is 60.2 Å². The molecule has 0 aliphatic carbocycles. The van der Waals surface area contributed by atoms with Gasteiger partial charge in [-0.05, 0) is 25.7 Å². The first kappa shape index (κ1) is 30.1. The lowest BCUT2D eigenvalue weighted by atomic mass is 10.1. The van der Waals surface area contributed by atoms with Gasteiger partial charge in [0.1, 0.15) is 12.1 Å². The highest BCUT2D eigenvalue weighted by atomic mass is 16.4. The van der Waals surface area contributed by atoms with Crippen molar-refractivity contribution in [3.05, 3.63) is 0 Å². The van der Waals surface area contributed by atoms with Gasteiger partial charge in [0.05, 0.1) is 12.6 Å². The fourth-order valence-electron chi connectivity index (χ4n) is 2.56. The Morgan fingerprint density at radius 2 is 1.38 bits per heavy atom.